The van der Waals surface area contributed by atoms with Crippen molar-refractivity contribution in [3.8, 4) is 0 Å². The Kier molecular flexibility index (Phi) is 8.29. The van der Waals surface area contributed by atoms with Crippen LogP contribution in [-0.4, -0.2) is 36.1 Å². The van der Waals surface area contributed by atoms with E-state index in [9.17, 15) is 32.1 Å². The van der Waals surface area contributed by atoms with Gasteiger partial charge in [0.05, 0.1) is 39.3 Å². The van der Waals surface area contributed by atoms with Crippen LogP contribution in [-0.2, 0) is 15.5 Å². The van der Waals surface area contributed by atoms with Gasteiger partial charge in [-0.2, -0.15) is 8.42 Å². The summed E-state index contributed by atoms with van der Waals surface area (Å²) < 4.78 is 34.7. The number of anilines is 6. The van der Waals surface area contributed by atoms with Crippen molar-refractivity contribution in [2.75, 3.05) is 22.1 Å². The predicted molar refractivity (Wildman–Crippen MR) is 214 cm³/mol. The smallest absolute Gasteiger partial charge is 0.296 e. The van der Waals surface area contributed by atoms with Crippen LogP contribution in [0.4, 0.5) is 34.1 Å². The number of ketones is 4. The van der Waals surface area contributed by atoms with Crippen LogP contribution < -0.4 is 22.1 Å². The Morgan fingerprint density at radius 1 is 0.536 bits per heavy atom. The van der Waals surface area contributed by atoms with Crippen molar-refractivity contribution in [2.45, 2.75) is 31.1 Å². The molecule has 0 radical (unpaired) electrons. The van der Waals surface area contributed by atoms with Crippen LogP contribution in [0.15, 0.2) is 114 Å². The highest BCUT2D eigenvalue weighted by molar-refractivity contribution is 7.86. The molecule has 2 aliphatic rings. The van der Waals surface area contributed by atoms with Gasteiger partial charge in [-0.05, 0) is 60.0 Å². The second-order valence-electron chi connectivity index (χ2n) is 14.4. The highest BCUT2D eigenvalue weighted by atomic mass is 32.2. The lowest BCUT2D eigenvalue weighted by molar-refractivity contribution is 0.0980. The molecule has 0 saturated carbocycles. The molecular formula is C44H34N4O7S. The summed E-state index contributed by atoms with van der Waals surface area (Å²) in [5, 5.41) is 6.42. The van der Waals surface area contributed by atoms with E-state index in [2.05, 4.69) is 24.5 Å². The molecule has 11 nitrogen and oxygen atoms in total. The minimum absolute atomic E-state index is 0.00221. The van der Waals surface area contributed by atoms with Gasteiger partial charge in [0.25, 0.3) is 10.1 Å². The number of hydrogen-bond donors (Lipinski definition) is 5. The molecule has 278 valence electrons. The Morgan fingerprint density at radius 2 is 0.893 bits per heavy atom. The Balaban J connectivity index is 1.07. The number of rotatable bonds is 7. The number of benzene rings is 6. The number of aryl methyl sites for hydroxylation is 1. The molecule has 0 aliphatic heterocycles. The minimum Gasteiger partial charge on any atom is -0.398 e. The van der Waals surface area contributed by atoms with E-state index in [0.29, 0.717) is 33.8 Å². The molecule has 0 aromatic heterocycles. The fourth-order valence-corrected chi connectivity index (χ4v) is 8.22. The zero-order chi connectivity index (χ0) is 39.8. The molecule has 7 N–H and O–H groups in total. The lowest BCUT2D eigenvalue weighted by Gasteiger charge is -2.27. The van der Waals surface area contributed by atoms with Crippen LogP contribution in [0.5, 0.6) is 0 Å². The summed E-state index contributed by atoms with van der Waals surface area (Å²) in [4.78, 5) is 53.7. The number of nitrogen functional groups attached to an aromatic ring is 2. The average molecular weight is 763 g/mol. The minimum atomic E-state index is -4.87. The summed E-state index contributed by atoms with van der Waals surface area (Å²) in [5.74, 6) is -1.71. The third-order valence-electron chi connectivity index (χ3n) is 10.7. The second kappa shape index (κ2) is 12.9. The third-order valence-corrected chi connectivity index (χ3v) is 11.6. The van der Waals surface area contributed by atoms with Gasteiger partial charge < -0.3 is 22.1 Å². The Bertz CT molecular complexity index is 2850. The first-order valence-electron chi connectivity index (χ1n) is 17.6. The second-order valence-corrected chi connectivity index (χ2v) is 15.8. The maximum Gasteiger partial charge on any atom is 0.296 e. The highest BCUT2D eigenvalue weighted by Gasteiger charge is 2.37. The van der Waals surface area contributed by atoms with Crippen molar-refractivity contribution in [2.24, 2.45) is 0 Å². The van der Waals surface area contributed by atoms with Gasteiger partial charge in [0.2, 0.25) is 0 Å². The number of carbonyl (C=O) groups is 4. The van der Waals surface area contributed by atoms with E-state index in [1.165, 1.54) is 12.1 Å². The summed E-state index contributed by atoms with van der Waals surface area (Å²) in [6.45, 7) is 5.90. The summed E-state index contributed by atoms with van der Waals surface area (Å²) >= 11 is 0. The quantitative estimate of drug-likeness (QED) is 0.0785. The van der Waals surface area contributed by atoms with Crippen LogP contribution >= 0.6 is 0 Å². The zero-order valence-electron chi connectivity index (χ0n) is 30.4. The Hall–Kier alpha value is -6.89. The summed E-state index contributed by atoms with van der Waals surface area (Å²) in [6, 6.07) is 30.7. The molecule has 12 heteroatoms. The zero-order valence-corrected chi connectivity index (χ0v) is 31.2. The molecule has 0 atom stereocenters. The van der Waals surface area contributed by atoms with E-state index in [1.807, 2.05) is 36.4 Å². The van der Waals surface area contributed by atoms with Gasteiger partial charge in [0, 0.05) is 44.7 Å². The first-order valence-corrected chi connectivity index (χ1v) is 19.0. The lowest BCUT2D eigenvalue weighted by Crippen LogP contribution is -2.25. The van der Waals surface area contributed by atoms with Crippen LogP contribution in [0.25, 0.3) is 0 Å². The largest absolute Gasteiger partial charge is 0.398 e. The maximum atomic E-state index is 13.7. The van der Waals surface area contributed by atoms with E-state index < -0.39 is 37.7 Å². The number of carbonyl (C=O) groups excluding carboxylic acids is 4. The van der Waals surface area contributed by atoms with E-state index in [1.54, 1.807) is 61.5 Å². The van der Waals surface area contributed by atoms with Gasteiger partial charge in [-0.1, -0.05) is 86.6 Å². The Morgan fingerprint density at radius 3 is 1.29 bits per heavy atom. The topological polar surface area (TPSA) is 199 Å². The highest BCUT2D eigenvalue weighted by Crippen LogP contribution is 2.42. The van der Waals surface area contributed by atoms with Crippen LogP contribution in [0.3, 0.4) is 0 Å². The van der Waals surface area contributed by atoms with E-state index in [0.717, 1.165) is 17.2 Å². The summed E-state index contributed by atoms with van der Waals surface area (Å²) in [6.07, 6.45) is 0. The molecule has 2 aliphatic carbocycles. The van der Waals surface area contributed by atoms with Gasteiger partial charge in [0.15, 0.2) is 23.1 Å². The maximum absolute atomic E-state index is 13.7. The molecule has 0 bridgehead atoms. The van der Waals surface area contributed by atoms with Crippen LogP contribution in [0.2, 0.25) is 0 Å². The van der Waals surface area contributed by atoms with E-state index in [-0.39, 0.29) is 56.3 Å². The van der Waals surface area contributed by atoms with Gasteiger partial charge in [0.1, 0.15) is 4.90 Å². The Labute approximate surface area is 322 Å². The normalized spacial score (nSPS) is 13.4. The fourth-order valence-electron chi connectivity index (χ4n) is 7.58. The predicted octanol–water partition coefficient (Wildman–Crippen LogP) is 7.77. The standard InChI is InChI=1S/C44H34N4O7S/c1-22-20-31(34-36(38(22)45)42(51)29-10-6-4-8-27(29)40(34)49)47-25-16-12-23(13-17-25)44(2,3)24-14-18-26(19-15-24)48-32-21-33(56(53,54)55)39(46)37-35(32)41(50)28-9-5-7-11-30(28)43(37)52/h4-21,47-48H,45-46H2,1-3H3,(H,53,54,55). The van der Waals surface area contributed by atoms with Gasteiger partial charge >= 0.3 is 0 Å². The molecule has 0 saturated heterocycles. The number of nitrogens with two attached hydrogens (primary N) is 2. The van der Waals surface area contributed by atoms with Gasteiger partial charge in [-0.25, -0.2) is 0 Å². The van der Waals surface area contributed by atoms with Crippen LogP contribution in [0, 0.1) is 6.92 Å². The molecule has 0 heterocycles. The number of nitrogens with one attached hydrogen (secondary N) is 2. The molecule has 0 amide bonds. The van der Waals surface area contributed by atoms with E-state index >= 15 is 0 Å². The average Bonchev–Trinajstić information content (AvgIpc) is 3.18. The molecule has 0 spiro atoms. The SMILES string of the molecule is Cc1cc(Nc2ccc(C(C)(C)c3ccc(Nc4cc(S(=O)(=O)O)c(N)c5c4C(=O)c4ccccc4C5=O)cc3)cc2)c2c(c1N)C(=O)c1ccccc1C2=O. The van der Waals surface area contributed by atoms with Crippen LogP contribution in [0.1, 0.15) is 94.2 Å². The fraction of sp³-hybridized carbons (Fsp3) is 0.0909. The summed E-state index contributed by atoms with van der Waals surface area (Å²) in [5.41, 5.74) is 16.9. The monoisotopic (exact) mass is 762 g/mol. The van der Waals surface area contributed by atoms with E-state index in [4.69, 9.17) is 11.5 Å². The molecule has 8 rings (SSSR count). The molecule has 6 aromatic rings. The number of fused-ring (bicyclic) bond motifs is 4. The van der Waals surface area contributed by atoms with Crippen molar-refractivity contribution in [1.29, 1.82) is 0 Å². The van der Waals surface area contributed by atoms with Gasteiger partial charge in [-0.3, -0.25) is 23.7 Å². The number of hydrogen-bond acceptors (Lipinski definition) is 10. The van der Waals surface area contributed by atoms with Crippen molar-refractivity contribution in [1.82, 2.24) is 0 Å². The van der Waals surface area contributed by atoms with Crippen molar-refractivity contribution >= 4 is 67.4 Å². The molecular weight excluding hydrogens is 729 g/mol. The lowest BCUT2D eigenvalue weighted by atomic mass is 9.78. The van der Waals surface area contributed by atoms with Crippen molar-refractivity contribution < 1.29 is 32.1 Å². The molecule has 56 heavy (non-hydrogen) atoms. The third kappa shape index (κ3) is 5.65. The molecule has 0 unspecified atom stereocenters. The first-order chi connectivity index (χ1) is 26.6. The van der Waals surface area contributed by atoms with Gasteiger partial charge in [-0.15, -0.1) is 0 Å². The van der Waals surface area contributed by atoms with Crippen molar-refractivity contribution in [3.63, 3.8) is 0 Å². The summed E-state index contributed by atoms with van der Waals surface area (Å²) in [7, 11) is -4.87. The molecule has 0 fully saturated rings. The van der Waals surface area contributed by atoms with Crippen molar-refractivity contribution in [3.05, 3.63) is 170 Å². The first kappa shape index (κ1) is 36.1. The molecule has 6 aromatic carbocycles.